The molecule has 1 aliphatic carbocycles. The van der Waals surface area contributed by atoms with Crippen LogP contribution in [0.2, 0.25) is 0 Å². The van der Waals surface area contributed by atoms with E-state index in [1.54, 1.807) is 19.2 Å². The minimum Gasteiger partial charge on any atom is -0.497 e. The zero-order valence-electron chi connectivity index (χ0n) is 18.1. The number of benzene rings is 2. The third-order valence-corrected chi connectivity index (χ3v) is 6.89. The lowest BCUT2D eigenvalue weighted by Gasteiger charge is -2.21. The highest BCUT2D eigenvalue weighted by Crippen LogP contribution is 2.28. The highest BCUT2D eigenvalue weighted by Gasteiger charge is 2.30. The summed E-state index contributed by atoms with van der Waals surface area (Å²) in [4.78, 5) is 19.1. The Morgan fingerprint density at radius 2 is 1.97 bits per heavy atom. The molecule has 2 aromatic carbocycles. The van der Waals surface area contributed by atoms with Crippen LogP contribution in [0.15, 0.2) is 58.4 Å². The molecule has 1 fully saturated rings. The second-order valence-corrected chi connectivity index (χ2v) is 9.78. The molecule has 0 radical (unpaired) electrons. The molecule has 32 heavy (non-hydrogen) atoms. The zero-order chi connectivity index (χ0) is 22.6. The van der Waals surface area contributed by atoms with Gasteiger partial charge in [0.05, 0.1) is 18.6 Å². The first-order valence-corrected chi connectivity index (χ1v) is 12.2. The molecule has 1 aliphatic heterocycles. The van der Waals surface area contributed by atoms with Crippen LogP contribution >= 0.6 is 0 Å². The van der Waals surface area contributed by atoms with Crippen LogP contribution in [0.1, 0.15) is 31.2 Å². The fraction of sp³-hybridized carbons (Fsp3) is 0.391. The molecule has 1 saturated carbocycles. The van der Waals surface area contributed by atoms with Crippen molar-refractivity contribution >= 4 is 27.5 Å². The lowest BCUT2D eigenvalue weighted by Crippen LogP contribution is -2.34. The number of hydrogen-bond donors (Lipinski definition) is 2. The summed E-state index contributed by atoms with van der Waals surface area (Å²) in [5.41, 5.74) is 1.56. The second kappa shape index (κ2) is 9.70. The van der Waals surface area contributed by atoms with Crippen molar-refractivity contribution in [2.24, 2.45) is 4.99 Å². The van der Waals surface area contributed by atoms with Crippen molar-refractivity contribution in [3.8, 4) is 5.75 Å². The summed E-state index contributed by atoms with van der Waals surface area (Å²) in [6.07, 6.45) is 3.63. The van der Waals surface area contributed by atoms with E-state index in [1.165, 1.54) is 12.1 Å². The van der Waals surface area contributed by atoms with Crippen LogP contribution in [0.3, 0.4) is 0 Å². The number of aliphatic imine (C=N–C) groups is 1. The Labute approximate surface area is 188 Å². The Hall–Kier alpha value is -2.91. The molecular weight excluding hydrogens is 428 g/mol. The standard InChI is InChI=1S/C23H28N4O4S/c1-31-20-11-7-17(8-12-20)15-27(19-9-10-19)16-23(28)25-18-4-2-5-21(14-18)32(29,30)26-22-6-3-13-24-22/h2,4-5,7-8,11-12,14,19H,3,6,9-10,13,15-16H2,1H3,(H,24,26)(H,25,28). The minimum atomic E-state index is -3.73. The number of ether oxygens (including phenoxy) is 1. The third-order valence-electron chi connectivity index (χ3n) is 5.51. The fourth-order valence-electron chi connectivity index (χ4n) is 3.68. The molecule has 0 saturated heterocycles. The van der Waals surface area contributed by atoms with E-state index in [0.29, 0.717) is 37.1 Å². The van der Waals surface area contributed by atoms with E-state index in [4.69, 9.17) is 4.74 Å². The van der Waals surface area contributed by atoms with E-state index >= 15 is 0 Å². The van der Waals surface area contributed by atoms with Gasteiger partial charge in [-0.2, -0.15) is 0 Å². The van der Waals surface area contributed by atoms with Gasteiger partial charge in [0.1, 0.15) is 11.6 Å². The number of amidine groups is 1. The number of amides is 1. The maximum Gasteiger partial charge on any atom is 0.262 e. The Morgan fingerprint density at radius 3 is 2.62 bits per heavy atom. The lowest BCUT2D eigenvalue weighted by molar-refractivity contribution is -0.117. The minimum absolute atomic E-state index is 0.0992. The second-order valence-electron chi connectivity index (χ2n) is 8.10. The summed E-state index contributed by atoms with van der Waals surface area (Å²) in [6, 6.07) is 14.5. The molecule has 8 nitrogen and oxygen atoms in total. The monoisotopic (exact) mass is 456 g/mol. The molecule has 9 heteroatoms. The van der Waals surface area contributed by atoms with Crippen molar-refractivity contribution < 1.29 is 17.9 Å². The summed E-state index contributed by atoms with van der Waals surface area (Å²) in [7, 11) is -2.09. The number of hydrogen-bond acceptors (Lipinski definition) is 6. The lowest BCUT2D eigenvalue weighted by atomic mass is 10.2. The first kappa shape index (κ1) is 22.3. The fourth-order valence-corrected chi connectivity index (χ4v) is 4.82. The Bertz CT molecular complexity index is 1100. The van der Waals surface area contributed by atoms with Crippen LogP contribution in [-0.2, 0) is 21.4 Å². The van der Waals surface area contributed by atoms with Crippen molar-refractivity contribution in [3.63, 3.8) is 0 Å². The average molecular weight is 457 g/mol. The van der Waals surface area contributed by atoms with Gasteiger partial charge in [-0.05, 0) is 55.2 Å². The summed E-state index contributed by atoms with van der Waals surface area (Å²) in [5.74, 6) is 1.11. The van der Waals surface area contributed by atoms with Crippen LogP contribution < -0.4 is 14.8 Å². The van der Waals surface area contributed by atoms with Gasteiger partial charge in [-0.15, -0.1) is 0 Å². The van der Waals surface area contributed by atoms with Gasteiger partial charge in [-0.25, -0.2) is 8.42 Å². The number of carbonyl (C=O) groups excluding carboxylic acids is 1. The summed E-state index contributed by atoms with van der Waals surface area (Å²) >= 11 is 0. The number of rotatable bonds is 9. The molecule has 0 spiro atoms. The van der Waals surface area contributed by atoms with Crippen LogP contribution in [0.4, 0.5) is 5.69 Å². The van der Waals surface area contributed by atoms with Gasteiger partial charge in [-0.1, -0.05) is 18.2 Å². The van der Waals surface area contributed by atoms with Crippen molar-refractivity contribution in [1.82, 2.24) is 9.62 Å². The van der Waals surface area contributed by atoms with Crippen molar-refractivity contribution in [3.05, 3.63) is 54.1 Å². The molecular formula is C23H28N4O4S. The van der Waals surface area contributed by atoms with Crippen molar-refractivity contribution in [2.75, 3.05) is 25.5 Å². The molecule has 0 unspecified atom stereocenters. The van der Waals surface area contributed by atoms with Crippen molar-refractivity contribution in [1.29, 1.82) is 0 Å². The summed E-state index contributed by atoms with van der Waals surface area (Å²) < 4.78 is 33.0. The van der Waals surface area contributed by atoms with E-state index in [2.05, 4.69) is 19.9 Å². The number of methoxy groups -OCH3 is 1. The smallest absolute Gasteiger partial charge is 0.262 e. The highest BCUT2D eigenvalue weighted by atomic mass is 32.2. The SMILES string of the molecule is COc1ccc(CN(CC(=O)Nc2cccc(S(=O)(=O)NC3=NCCC3)c2)C2CC2)cc1. The first-order valence-electron chi connectivity index (χ1n) is 10.8. The van der Waals surface area contributed by atoms with Gasteiger partial charge >= 0.3 is 0 Å². The normalized spacial score (nSPS) is 16.0. The van der Waals surface area contributed by atoms with E-state index in [1.807, 2.05) is 24.3 Å². The van der Waals surface area contributed by atoms with Crippen LogP contribution in [0.25, 0.3) is 0 Å². The Morgan fingerprint density at radius 1 is 1.19 bits per heavy atom. The summed E-state index contributed by atoms with van der Waals surface area (Å²) in [5, 5.41) is 2.84. The van der Waals surface area contributed by atoms with E-state index in [0.717, 1.165) is 30.6 Å². The van der Waals surface area contributed by atoms with Gasteiger partial charge in [0.25, 0.3) is 10.0 Å². The molecule has 4 rings (SSSR count). The highest BCUT2D eigenvalue weighted by molar-refractivity contribution is 7.90. The largest absolute Gasteiger partial charge is 0.497 e. The van der Waals surface area contributed by atoms with Crippen LogP contribution in [-0.4, -0.2) is 51.3 Å². The van der Waals surface area contributed by atoms with Gasteiger partial charge in [0.15, 0.2) is 0 Å². The topological polar surface area (TPSA) is 100 Å². The number of carbonyl (C=O) groups is 1. The molecule has 2 N–H and O–H groups in total. The third kappa shape index (κ3) is 5.86. The first-order chi connectivity index (χ1) is 15.4. The van der Waals surface area contributed by atoms with Crippen LogP contribution in [0, 0.1) is 0 Å². The van der Waals surface area contributed by atoms with E-state index in [9.17, 15) is 13.2 Å². The molecule has 1 amide bonds. The van der Waals surface area contributed by atoms with Crippen LogP contribution in [0.5, 0.6) is 5.75 Å². The van der Waals surface area contributed by atoms with Gasteiger partial charge in [0, 0.05) is 31.2 Å². The quantitative estimate of drug-likeness (QED) is 0.604. The number of sulfonamides is 1. The zero-order valence-corrected chi connectivity index (χ0v) is 18.9. The molecule has 170 valence electrons. The molecule has 2 aromatic rings. The summed E-state index contributed by atoms with van der Waals surface area (Å²) in [6.45, 7) is 1.55. The predicted molar refractivity (Wildman–Crippen MR) is 123 cm³/mol. The number of nitrogens with zero attached hydrogens (tertiary/aromatic N) is 2. The Kier molecular flexibility index (Phi) is 6.76. The maximum atomic E-state index is 12.7. The predicted octanol–water partition coefficient (Wildman–Crippen LogP) is 2.77. The van der Waals surface area contributed by atoms with Gasteiger partial charge < -0.3 is 10.1 Å². The van der Waals surface area contributed by atoms with Crippen molar-refractivity contribution in [2.45, 2.75) is 43.2 Å². The van der Waals surface area contributed by atoms with Gasteiger partial charge in [-0.3, -0.25) is 19.4 Å². The maximum absolute atomic E-state index is 12.7. The number of anilines is 1. The van der Waals surface area contributed by atoms with Gasteiger partial charge in [0.2, 0.25) is 5.91 Å². The average Bonchev–Trinajstić information content (AvgIpc) is 3.51. The molecule has 0 bridgehead atoms. The molecule has 2 aliphatic rings. The number of nitrogens with one attached hydrogen (secondary N) is 2. The molecule has 0 aromatic heterocycles. The Balaban J connectivity index is 1.38. The molecule has 1 heterocycles. The molecule has 0 atom stereocenters. The van der Waals surface area contributed by atoms with E-state index in [-0.39, 0.29) is 17.3 Å². The van der Waals surface area contributed by atoms with E-state index < -0.39 is 10.0 Å².